The van der Waals surface area contributed by atoms with Crippen molar-refractivity contribution < 1.29 is 13.2 Å². The van der Waals surface area contributed by atoms with Crippen molar-refractivity contribution in [3.8, 4) is 0 Å². The Balaban J connectivity index is 2.98. The van der Waals surface area contributed by atoms with Crippen LogP contribution < -0.4 is 11.1 Å². The average Bonchev–Trinajstić information content (AvgIpc) is 2.28. The highest BCUT2D eigenvalue weighted by Gasteiger charge is 2.34. The van der Waals surface area contributed by atoms with E-state index in [2.05, 4.69) is 15.3 Å². The smallest absolute Gasteiger partial charge is 0.348 e. The number of anilines is 1. The first-order valence-corrected chi connectivity index (χ1v) is 5.57. The van der Waals surface area contributed by atoms with Crippen molar-refractivity contribution in [1.82, 2.24) is 9.97 Å². The van der Waals surface area contributed by atoms with Gasteiger partial charge in [-0.15, -0.1) is 0 Å². The van der Waals surface area contributed by atoms with Crippen molar-refractivity contribution in [3.63, 3.8) is 0 Å². The molecule has 102 valence electrons. The third-order valence-electron chi connectivity index (χ3n) is 3.04. The van der Waals surface area contributed by atoms with Crippen molar-refractivity contribution in [2.45, 2.75) is 32.5 Å². The van der Waals surface area contributed by atoms with Gasteiger partial charge in [-0.25, -0.2) is 9.97 Å². The van der Waals surface area contributed by atoms with E-state index in [0.29, 0.717) is 0 Å². The Labute approximate surface area is 104 Å². The predicted octanol–water partition coefficient (Wildman–Crippen LogP) is 2.28. The number of alkyl halides is 3. The molecule has 0 aromatic carbocycles. The van der Waals surface area contributed by atoms with Crippen molar-refractivity contribution in [2.24, 2.45) is 11.7 Å². The lowest BCUT2D eigenvalue weighted by Gasteiger charge is -2.33. The lowest BCUT2D eigenvalue weighted by Crippen LogP contribution is -2.47. The van der Waals surface area contributed by atoms with E-state index in [1.807, 2.05) is 20.8 Å². The molecule has 1 aromatic rings. The number of hydrogen-bond acceptors (Lipinski definition) is 4. The van der Waals surface area contributed by atoms with Crippen LogP contribution in [-0.2, 0) is 6.18 Å². The summed E-state index contributed by atoms with van der Waals surface area (Å²) < 4.78 is 37.5. The minimum atomic E-state index is -4.48. The average molecular weight is 262 g/mol. The van der Waals surface area contributed by atoms with E-state index in [4.69, 9.17) is 5.73 Å². The predicted molar refractivity (Wildman–Crippen MR) is 63.0 cm³/mol. The zero-order chi connectivity index (χ0) is 14.0. The third kappa shape index (κ3) is 3.32. The molecule has 0 saturated carbocycles. The summed E-state index contributed by atoms with van der Waals surface area (Å²) in [6.45, 7) is 5.94. The van der Waals surface area contributed by atoms with Gasteiger partial charge in [0, 0.05) is 12.7 Å². The highest BCUT2D eigenvalue weighted by molar-refractivity contribution is 5.31. The molecule has 1 unspecified atom stereocenters. The highest BCUT2D eigenvalue weighted by Crippen LogP contribution is 2.28. The summed E-state index contributed by atoms with van der Waals surface area (Å²) in [5.74, 6) is 0.0621. The number of nitrogens with zero attached hydrogens (tertiary/aromatic N) is 2. The summed E-state index contributed by atoms with van der Waals surface area (Å²) in [5, 5.41) is 2.87. The maximum absolute atomic E-state index is 12.5. The summed E-state index contributed by atoms with van der Waals surface area (Å²) in [7, 11) is 0. The van der Waals surface area contributed by atoms with Crippen LogP contribution in [0.15, 0.2) is 12.3 Å². The summed E-state index contributed by atoms with van der Waals surface area (Å²) in [4.78, 5) is 7.25. The first-order valence-electron chi connectivity index (χ1n) is 5.57. The third-order valence-corrected chi connectivity index (χ3v) is 3.04. The van der Waals surface area contributed by atoms with Crippen molar-refractivity contribution in [3.05, 3.63) is 18.0 Å². The standard InChI is InChI=1S/C11H17F3N4/c1-7(2)10(3,6-15)18-9-16-5-4-8(17-9)11(12,13)14/h4-5,7H,6,15H2,1-3H3,(H,16,17,18). The van der Waals surface area contributed by atoms with Crippen LogP contribution in [0.3, 0.4) is 0 Å². The molecule has 4 nitrogen and oxygen atoms in total. The highest BCUT2D eigenvalue weighted by atomic mass is 19.4. The fourth-order valence-corrected chi connectivity index (χ4v) is 1.26. The zero-order valence-corrected chi connectivity index (χ0v) is 10.5. The molecule has 0 saturated heterocycles. The molecule has 1 aromatic heterocycles. The largest absolute Gasteiger partial charge is 0.433 e. The topological polar surface area (TPSA) is 63.8 Å². The van der Waals surface area contributed by atoms with Gasteiger partial charge in [0.05, 0.1) is 5.54 Å². The molecule has 0 spiro atoms. The molecule has 0 amide bonds. The molecule has 0 bridgehead atoms. The fraction of sp³-hybridized carbons (Fsp3) is 0.636. The molecule has 7 heteroatoms. The van der Waals surface area contributed by atoms with Gasteiger partial charge in [0.1, 0.15) is 5.69 Å². The fourth-order valence-electron chi connectivity index (χ4n) is 1.26. The summed E-state index contributed by atoms with van der Waals surface area (Å²) >= 11 is 0. The molecular weight excluding hydrogens is 245 g/mol. The Morgan fingerprint density at radius 1 is 1.39 bits per heavy atom. The molecule has 3 N–H and O–H groups in total. The van der Waals surface area contributed by atoms with Crippen LogP contribution in [0, 0.1) is 5.92 Å². The van der Waals surface area contributed by atoms with Crippen LogP contribution in [0.5, 0.6) is 0 Å². The molecule has 18 heavy (non-hydrogen) atoms. The van der Waals surface area contributed by atoms with Crippen molar-refractivity contribution in [2.75, 3.05) is 11.9 Å². The minimum absolute atomic E-state index is 0.0634. The molecular formula is C11H17F3N4. The van der Waals surface area contributed by atoms with Crippen molar-refractivity contribution >= 4 is 5.95 Å². The van der Waals surface area contributed by atoms with Gasteiger partial charge in [-0.05, 0) is 18.9 Å². The Bertz CT molecular complexity index is 406. The van der Waals surface area contributed by atoms with Gasteiger partial charge < -0.3 is 11.1 Å². The van der Waals surface area contributed by atoms with Gasteiger partial charge in [0.15, 0.2) is 0 Å². The second kappa shape index (κ2) is 5.09. The van der Waals surface area contributed by atoms with Crippen LogP contribution in [0.1, 0.15) is 26.5 Å². The van der Waals surface area contributed by atoms with E-state index in [1.54, 1.807) is 0 Å². The first kappa shape index (κ1) is 14.7. The Morgan fingerprint density at radius 3 is 2.44 bits per heavy atom. The van der Waals surface area contributed by atoms with Crippen LogP contribution >= 0.6 is 0 Å². The molecule has 1 rings (SSSR count). The summed E-state index contributed by atoms with van der Waals surface area (Å²) in [6, 6.07) is 0.834. The second-order valence-corrected chi connectivity index (χ2v) is 4.66. The minimum Gasteiger partial charge on any atom is -0.348 e. The number of nitrogens with one attached hydrogen (secondary N) is 1. The van der Waals surface area contributed by atoms with E-state index in [1.165, 1.54) is 0 Å². The Hall–Kier alpha value is -1.37. The number of rotatable bonds is 4. The van der Waals surface area contributed by atoms with E-state index >= 15 is 0 Å². The zero-order valence-electron chi connectivity index (χ0n) is 10.5. The van der Waals surface area contributed by atoms with E-state index < -0.39 is 17.4 Å². The molecule has 0 aliphatic carbocycles. The first-order chi connectivity index (χ1) is 8.19. The van der Waals surface area contributed by atoms with E-state index in [9.17, 15) is 13.2 Å². The molecule has 1 heterocycles. The van der Waals surface area contributed by atoms with Gasteiger partial charge in [0.2, 0.25) is 5.95 Å². The monoisotopic (exact) mass is 262 g/mol. The SMILES string of the molecule is CC(C)C(C)(CN)Nc1nccc(C(F)(F)F)n1. The number of aromatic nitrogens is 2. The maximum Gasteiger partial charge on any atom is 0.433 e. The molecule has 0 fully saturated rings. The molecule has 0 aliphatic heterocycles. The van der Waals surface area contributed by atoms with Crippen molar-refractivity contribution in [1.29, 1.82) is 0 Å². The van der Waals surface area contributed by atoms with Crippen LogP contribution in [0.25, 0.3) is 0 Å². The van der Waals surface area contributed by atoms with Crippen LogP contribution in [-0.4, -0.2) is 22.1 Å². The van der Waals surface area contributed by atoms with Gasteiger partial charge in [-0.3, -0.25) is 0 Å². The van der Waals surface area contributed by atoms with Gasteiger partial charge >= 0.3 is 6.18 Å². The van der Waals surface area contributed by atoms with Gasteiger partial charge in [-0.1, -0.05) is 13.8 Å². The molecule has 0 radical (unpaired) electrons. The summed E-state index contributed by atoms with van der Waals surface area (Å²) in [5.41, 5.74) is 4.12. The van der Waals surface area contributed by atoms with Crippen LogP contribution in [0.2, 0.25) is 0 Å². The number of hydrogen-bond donors (Lipinski definition) is 2. The normalized spacial score (nSPS) is 15.6. The maximum atomic E-state index is 12.5. The molecule has 1 atom stereocenters. The lowest BCUT2D eigenvalue weighted by atomic mass is 9.89. The second-order valence-electron chi connectivity index (χ2n) is 4.66. The number of halogens is 3. The Kier molecular flexibility index (Phi) is 4.16. The van der Waals surface area contributed by atoms with Gasteiger partial charge in [-0.2, -0.15) is 13.2 Å². The number of nitrogens with two attached hydrogens (primary N) is 1. The Morgan fingerprint density at radius 2 is 2.00 bits per heavy atom. The van der Waals surface area contributed by atoms with Crippen LogP contribution in [0.4, 0.5) is 19.1 Å². The quantitative estimate of drug-likeness (QED) is 0.873. The summed E-state index contributed by atoms with van der Waals surface area (Å²) in [6.07, 6.45) is -3.40. The molecule has 0 aliphatic rings. The van der Waals surface area contributed by atoms with E-state index in [0.717, 1.165) is 12.3 Å². The lowest BCUT2D eigenvalue weighted by molar-refractivity contribution is -0.141. The van der Waals surface area contributed by atoms with Gasteiger partial charge in [0.25, 0.3) is 0 Å². The van der Waals surface area contributed by atoms with E-state index in [-0.39, 0.29) is 18.4 Å².